The molecule has 1 aromatic heterocycles. The lowest BCUT2D eigenvalue weighted by atomic mass is 10.1. The van der Waals surface area contributed by atoms with Crippen LogP contribution in [-0.4, -0.2) is 11.8 Å². The van der Waals surface area contributed by atoms with Crippen molar-refractivity contribution in [3.63, 3.8) is 0 Å². The van der Waals surface area contributed by atoms with Crippen molar-refractivity contribution in [1.29, 1.82) is 5.26 Å². The number of anilines is 2. The van der Waals surface area contributed by atoms with E-state index in [1.54, 1.807) is 0 Å². The summed E-state index contributed by atoms with van der Waals surface area (Å²) in [5.74, 6) is 0.671. The fourth-order valence-corrected chi connectivity index (χ4v) is 2.93. The molecule has 0 spiro atoms. The van der Waals surface area contributed by atoms with Crippen LogP contribution in [0.4, 0.5) is 10.7 Å². The van der Waals surface area contributed by atoms with E-state index in [-0.39, 0.29) is 17.7 Å². The first-order valence-corrected chi connectivity index (χ1v) is 7.40. The Morgan fingerprint density at radius 1 is 1.47 bits per heavy atom. The molecule has 1 aromatic rings. The van der Waals surface area contributed by atoms with Crippen molar-refractivity contribution >= 4 is 27.8 Å². The minimum atomic E-state index is 0.101. The van der Waals surface area contributed by atoms with Crippen molar-refractivity contribution in [3.05, 3.63) is 10.4 Å². The molecule has 0 aromatic carbocycles. The second-order valence-corrected chi connectivity index (χ2v) is 6.50. The molecule has 1 saturated carbocycles. The van der Waals surface area contributed by atoms with E-state index < -0.39 is 0 Å². The lowest BCUT2D eigenvalue weighted by Crippen LogP contribution is -2.21. The molecule has 1 unspecified atom stereocenters. The van der Waals surface area contributed by atoms with Gasteiger partial charge in [0.15, 0.2) is 5.78 Å². The predicted molar refractivity (Wildman–Crippen MR) is 78.4 cm³/mol. The van der Waals surface area contributed by atoms with Crippen LogP contribution in [-0.2, 0) is 0 Å². The third kappa shape index (κ3) is 2.74. The Morgan fingerprint density at radius 3 is 2.58 bits per heavy atom. The van der Waals surface area contributed by atoms with Crippen LogP contribution in [0.5, 0.6) is 0 Å². The Balaban J connectivity index is 2.31. The van der Waals surface area contributed by atoms with Crippen molar-refractivity contribution in [2.75, 3.05) is 11.1 Å². The van der Waals surface area contributed by atoms with Crippen molar-refractivity contribution < 1.29 is 4.79 Å². The number of nitriles is 1. The number of ketones is 1. The van der Waals surface area contributed by atoms with Gasteiger partial charge in [-0.1, -0.05) is 13.8 Å². The summed E-state index contributed by atoms with van der Waals surface area (Å²) >= 11 is 1.32. The van der Waals surface area contributed by atoms with Gasteiger partial charge in [-0.3, -0.25) is 4.79 Å². The zero-order valence-corrected chi connectivity index (χ0v) is 12.3. The predicted octanol–water partition coefficient (Wildman–Crippen LogP) is 3.25. The lowest BCUT2D eigenvalue weighted by molar-refractivity contribution is 0.0972. The number of nitrogen functional groups attached to an aromatic ring is 1. The van der Waals surface area contributed by atoms with Gasteiger partial charge in [0.25, 0.3) is 0 Å². The van der Waals surface area contributed by atoms with Gasteiger partial charge >= 0.3 is 0 Å². The van der Waals surface area contributed by atoms with Crippen LogP contribution in [0.25, 0.3) is 0 Å². The molecule has 19 heavy (non-hydrogen) atoms. The van der Waals surface area contributed by atoms with Crippen LogP contribution in [0.15, 0.2) is 0 Å². The fraction of sp³-hybridized carbons (Fsp3) is 0.571. The van der Waals surface area contributed by atoms with E-state index in [0.29, 0.717) is 22.0 Å². The molecule has 102 valence electrons. The average Bonchev–Trinajstić information content (AvgIpc) is 3.15. The molecule has 1 aliphatic rings. The van der Waals surface area contributed by atoms with Gasteiger partial charge in [-0.05, 0) is 25.7 Å². The first-order valence-electron chi connectivity index (χ1n) is 6.58. The number of rotatable bonds is 5. The minimum Gasteiger partial charge on any atom is -0.396 e. The zero-order valence-electron chi connectivity index (χ0n) is 11.5. The number of nitrogens with one attached hydrogen (secondary N) is 1. The van der Waals surface area contributed by atoms with E-state index in [1.165, 1.54) is 11.3 Å². The highest BCUT2D eigenvalue weighted by Gasteiger charge is 2.34. The van der Waals surface area contributed by atoms with Crippen molar-refractivity contribution in [2.45, 2.75) is 39.7 Å². The van der Waals surface area contributed by atoms with Crippen LogP contribution >= 0.6 is 11.3 Å². The monoisotopic (exact) mass is 277 g/mol. The Morgan fingerprint density at radius 2 is 2.11 bits per heavy atom. The highest BCUT2D eigenvalue weighted by molar-refractivity contribution is 7.19. The van der Waals surface area contributed by atoms with Crippen LogP contribution < -0.4 is 11.1 Å². The number of thiophene rings is 1. The molecule has 4 nitrogen and oxygen atoms in total. The first-order chi connectivity index (χ1) is 8.95. The Hall–Kier alpha value is -1.54. The topological polar surface area (TPSA) is 78.9 Å². The highest BCUT2D eigenvalue weighted by Crippen LogP contribution is 2.41. The summed E-state index contributed by atoms with van der Waals surface area (Å²) in [7, 11) is 0. The summed E-state index contributed by atoms with van der Waals surface area (Å²) in [6.07, 6.45) is 1.90. The number of Topliss-reactive ketones (excluding diaryl/α,β-unsaturated/α-hetero) is 1. The second-order valence-electron chi connectivity index (χ2n) is 5.48. The van der Waals surface area contributed by atoms with Crippen molar-refractivity contribution in [1.82, 2.24) is 0 Å². The summed E-state index contributed by atoms with van der Waals surface area (Å²) in [4.78, 5) is 12.7. The molecular weight excluding hydrogens is 258 g/mol. The first kappa shape index (κ1) is 13.9. The molecule has 0 saturated heterocycles. The van der Waals surface area contributed by atoms with Crippen LogP contribution in [0.3, 0.4) is 0 Å². The molecule has 0 aliphatic heterocycles. The van der Waals surface area contributed by atoms with E-state index in [0.717, 1.165) is 17.8 Å². The highest BCUT2D eigenvalue weighted by atomic mass is 32.1. The number of nitrogens with zero attached hydrogens (tertiary/aromatic N) is 1. The van der Waals surface area contributed by atoms with Gasteiger partial charge in [-0.2, -0.15) is 5.26 Å². The molecule has 0 radical (unpaired) electrons. The Labute approximate surface area is 117 Å². The van der Waals surface area contributed by atoms with Gasteiger partial charge in [0.1, 0.15) is 16.6 Å². The molecule has 0 bridgehead atoms. The van der Waals surface area contributed by atoms with Crippen molar-refractivity contribution in [3.8, 4) is 6.07 Å². The smallest absolute Gasteiger partial charge is 0.178 e. The van der Waals surface area contributed by atoms with Gasteiger partial charge < -0.3 is 11.1 Å². The summed E-state index contributed by atoms with van der Waals surface area (Å²) in [5.41, 5.74) is 6.73. The molecular formula is C14H19N3OS. The standard InChI is InChI=1S/C14H19N3OS/c1-7(2)8(3)17-14-10(6-15)11(16)13(19-14)12(18)9-4-5-9/h7-9,17H,4-5,16H2,1-3H3. The third-order valence-electron chi connectivity index (χ3n) is 3.59. The zero-order chi connectivity index (χ0) is 14.2. The van der Waals surface area contributed by atoms with Crippen LogP contribution in [0, 0.1) is 23.2 Å². The molecule has 1 heterocycles. The maximum Gasteiger partial charge on any atom is 0.178 e. The SMILES string of the molecule is CC(C)C(C)Nc1sc(C(=O)C2CC2)c(N)c1C#N. The molecule has 1 atom stereocenters. The van der Waals surface area contributed by atoms with Crippen LogP contribution in [0.1, 0.15) is 48.8 Å². The molecule has 3 N–H and O–H groups in total. The summed E-state index contributed by atoms with van der Waals surface area (Å²) < 4.78 is 0. The third-order valence-corrected chi connectivity index (χ3v) is 4.74. The second kappa shape index (κ2) is 5.22. The largest absolute Gasteiger partial charge is 0.396 e. The van der Waals surface area contributed by atoms with Gasteiger partial charge in [0.2, 0.25) is 0 Å². The van der Waals surface area contributed by atoms with Gasteiger partial charge in [-0.15, -0.1) is 11.3 Å². The van der Waals surface area contributed by atoms with E-state index in [9.17, 15) is 10.1 Å². The minimum absolute atomic E-state index is 0.101. The number of carbonyl (C=O) groups is 1. The quantitative estimate of drug-likeness (QED) is 0.810. The van der Waals surface area contributed by atoms with Crippen LogP contribution in [0.2, 0.25) is 0 Å². The number of hydrogen-bond acceptors (Lipinski definition) is 5. The van der Waals surface area contributed by atoms with E-state index in [1.807, 2.05) is 0 Å². The fourth-order valence-electron chi connectivity index (χ4n) is 1.74. The summed E-state index contributed by atoms with van der Waals surface area (Å²) in [6.45, 7) is 6.28. The van der Waals surface area contributed by atoms with E-state index in [2.05, 4.69) is 32.2 Å². The number of carbonyl (C=O) groups excluding carboxylic acids is 1. The lowest BCUT2D eigenvalue weighted by Gasteiger charge is -2.17. The maximum atomic E-state index is 12.1. The summed E-state index contributed by atoms with van der Waals surface area (Å²) in [6, 6.07) is 2.34. The Bertz CT molecular complexity index is 538. The van der Waals surface area contributed by atoms with Crippen molar-refractivity contribution in [2.24, 2.45) is 11.8 Å². The number of hydrogen-bond donors (Lipinski definition) is 2. The van der Waals surface area contributed by atoms with Gasteiger partial charge in [0.05, 0.1) is 10.6 Å². The number of nitrogens with two attached hydrogens (primary N) is 1. The van der Waals surface area contributed by atoms with E-state index in [4.69, 9.17) is 5.73 Å². The molecule has 1 fully saturated rings. The van der Waals surface area contributed by atoms with Gasteiger partial charge in [-0.25, -0.2) is 0 Å². The normalized spacial score (nSPS) is 16.2. The summed E-state index contributed by atoms with van der Waals surface area (Å²) in [5, 5.41) is 13.3. The van der Waals surface area contributed by atoms with Gasteiger partial charge in [0, 0.05) is 12.0 Å². The van der Waals surface area contributed by atoms with E-state index >= 15 is 0 Å². The Kier molecular flexibility index (Phi) is 3.81. The maximum absolute atomic E-state index is 12.1. The average molecular weight is 277 g/mol. The molecule has 0 amide bonds. The molecule has 2 rings (SSSR count). The molecule has 5 heteroatoms. The molecule has 1 aliphatic carbocycles.